The van der Waals surface area contributed by atoms with Crippen LogP contribution in [0.3, 0.4) is 0 Å². The number of benzene rings is 2. The normalized spacial score (nSPS) is 19.8. The number of rotatable bonds is 22. The average Bonchev–Trinajstić information content (AvgIpc) is 3.76. The molecule has 2 heterocycles. The lowest BCUT2D eigenvalue weighted by atomic mass is 10.0. The summed E-state index contributed by atoms with van der Waals surface area (Å²) in [5, 5.41) is 23.6. The monoisotopic (exact) mass is 779 g/mol. The number of nitriles is 1. The maximum Gasteiger partial charge on any atom is 0.407 e. The molecule has 294 valence electrons. The molecule has 1 amide bonds. The molecule has 2 aliphatic heterocycles. The van der Waals surface area contributed by atoms with E-state index in [0.29, 0.717) is 43.1 Å². The molecule has 2 saturated heterocycles. The highest BCUT2D eigenvalue weighted by molar-refractivity contribution is 7.89. The van der Waals surface area contributed by atoms with Gasteiger partial charge in [0.2, 0.25) is 10.0 Å². The minimum atomic E-state index is -4.09. The minimum absolute atomic E-state index is 0.0190. The van der Waals surface area contributed by atoms with E-state index in [0.717, 1.165) is 25.7 Å². The topological polar surface area (TPSA) is 183 Å². The van der Waals surface area contributed by atoms with Gasteiger partial charge >= 0.3 is 13.7 Å². The van der Waals surface area contributed by atoms with Gasteiger partial charge in [0, 0.05) is 13.1 Å². The summed E-state index contributed by atoms with van der Waals surface area (Å²) in [5.74, 6) is 0.232. The number of sulfonamides is 1. The predicted octanol–water partition coefficient (Wildman–Crippen LogP) is 5.83. The van der Waals surface area contributed by atoms with Crippen LogP contribution in [-0.2, 0) is 44.3 Å². The van der Waals surface area contributed by atoms with Crippen LogP contribution in [0.1, 0.15) is 70.9 Å². The summed E-state index contributed by atoms with van der Waals surface area (Å²) in [6, 6.07) is 13.4. The molecular formula is C37H54N3O11PS. The predicted molar refractivity (Wildman–Crippen MR) is 197 cm³/mol. The van der Waals surface area contributed by atoms with E-state index in [1.165, 1.54) is 28.6 Å². The van der Waals surface area contributed by atoms with Gasteiger partial charge in [-0.1, -0.05) is 52.7 Å². The zero-order valence-electron chi connectivity index (χ0n) is 31.1. The highest BCUT2D eigenvalue weighted by Crippen LogP contribution is 2.48. The number of unbranched alkanes of at least 4 members (excludes halogenated alkanes) is 2. The summed E-state index contributed by atoms with van der Waals surface area (Å²) in [6.07, 6.45) is 0.693. The van der Waals surface area contributed by atoms with Crippen LogP contribution >= 0.6 is 7.60 Å². The van der Waals surface area contributed by atoms with Gasteiger partial charge in [-0.15, -0.1) is 0 Å². The van der Waals surface area contributed by atoms with Gasteiger partial charge in [0.1, 0.15) is 11.9 Å². The van der Waals surface area contributed by atoms with Crippen LogP contribution in [0, 0.1) is 23.2 Å². The Labute approximate surface area is 313 Å². The number of carbonyl (C=O) groups excluding carboxylic acids is 1. The molecule has 5 atom stereocenters. The Morgan fingerprint density at radius 2 is 1.70 bits per heavy atom. The molecule has 2 fully saturated rings. The molecule has 16 heteroatoms. The summed E-state index contributed by atoms with van der Waals surface area (Å²) < 4.78 is 76.1. The van der Waals surface area contributed by atoms with E-state index in [-0.39, 0.29) is 49.2 Å². The van der Waals surface area contributed by atoms with Crippen LogP contribution in [0.4, 0.5) is 4.79 Å². The first-order valence-electron chi connectivity index (χ1n) is 18.4. The molecule has 14 nitrogen and oxygen atoms in total. The number of hydrogen-bond donors (Lipinski definition) is 2. The van der Waals surface area contributed by atoms with Crippen LogP contribution in [0.2, 0.25) is 0 Å². The molecule has 2 N–H and O–H groups in total. The molecular weight excluding hydrogens is 725 g/mol. The maximum absolute atomic E-state index is 13.8. The number of aliphatic hydroxyl groups excluding tert-OH is 1. The molecule has 2 aliphatic rings. The Morgan fingerprint density at radius 1 is 1.04 bits per heavy atom. The summed E-state index contributed by atoms with van der Waals surface area (Å²) in [5.41, 5.74) is 1.01. The van der Waals surface area contributed by atoms with Crippen molar-refractivity contribution in [3.8, 4) is 11.8 Å². The van der Waals surface area contributed by atoms with Gasteiger partial charge in [-0.3, -0.25) is 4.57 Å². The Morgan fingerprint density at radius 3 is 2.30 bits per heavy atom. The number of nitrogens with zero attached hydrogens (tertiary/aromatic N) is 2. The zero-order chi connectivity index (χ0) is 38.4. The standard InChI is InChI=1S/C37H54N3O11PS/c1-5-7-18-49-52(43,50-19-8-6-2)26-48-30-13-9-28(10-14-30)21-33(39-37(42)51-35-25-47-36-32(35)17-20-46-36)34(41)24-40(23-27(3)4)53(44,45)31-15-11-29(22-38)12-16-31/h9-16,27,32-36,41H,5-8,17-21,23-26H2,1-4H3,(H,39,42)/t32-,33-,34+,35-,36+/m0/s1. The highest BCUT2D eigenvalue weighted by atomic mass is 32.2. The number of aliphatic hydroxyl groups is 1. The van der Waals surface area contributed by atoms with E-state index in [1.54, 1.807) is 24.3 Å². The minimum Gasteiger partial charge on any atom is -0.481 e. The second kappa shape index (κ2) is 20.6. The maximum atomic E-state index is 13.8. The number of carbonyl (C=O) groups is 1. The van der Waals surface area contributed by atoms with Crippen molar-refractivity contribution in [1.29, 1.82) is 5.26 Å². The lowest BCUT2D eigenvalue weighted by molar-refractivity contribution is -0.0907. The van der Waals surface area contributed by atoms with E-state index in [1.807, 2.05) is 33.8 Å². The average molecular weight is 780 g/mol. The van der Waals surface area contributed by atoms with Crippen molar-refractivity contribution in [1.82, 2.24) is 9.62 Å². The Kier molecular flexibility index (Phi) is 16.6. The van der Waals surface area contributed by atoms with Crippen molar-refractivity contribution in [3.63, 3.8) is 0 Å². The van der Waals surface area contributed by atoms with E-state index in [2.05, 4.69) is 5.32 Å². The Hall–Kier alpha value is -3.06. The fraction of sp³-hybridized carbons (Fsp3) is 0.622. The van der Waals surface area contributed by atoms with Gasteiger partial charge in [0.15, 0.2) is 12.6 Å². The fourth-order valence-corrected chi connectivity index (χ4v) is 8.92. The Balaban J connectivity index is 1.50. The number of amides is 1. The summed E-state index contributed by atoms with van der Waals surface area (Å²) in [4.78, 5) is 13.3. The third kappa shape index (κ3) is 12.8. The number of nitrogens with one attached hydrogen (secondary N) is 1. The molecule has 0 radical (unpaired) electrons. The molecule has 53 heavy (non-hydrogen) atoms. The van der Waals surface area contributed by atoms with Crippen LogP contribution < -0.4 is 10.1 Å². The number of ether oxygens (including phenoxy) is 4. The third-order valence-electron chi connectivity index (χ3n) is 8.93. The van der Waals surface area contributed by atoms with Gasteiger partial charge in [0.25, 0.3) is 0 Å². The molecule has 4 rings (SSSR count). The molecule has 2 aromatic carbocycles. The molecule has 0 spiro atoms. The highest BCUT2D eigenvalue weighted by Gasteiger charge is 2.44. The van der Waals surface area contributed by atoms with Crippen LogP contribution in [0.15, 0.2) is 53.4 Å². The van der Waals surface area contributed by atoms with Gasteiger partial charge in [0.05, 0.1) is 61.0 Å². The number of alkyl carbamates (subject to hydrolysis) is 1. The molecule has 0 saturated carbocycles. The van der Waals surface area contributed by atoms with Crippen molar-refractivity contribution in [2.45, 2.75) is 95.7 Å². The quantitative estimate of drug-likeness (QED) is 0.108. The summed E-state index contributed by atoms with van der Waals surface area (Å²) >= 11 is 0. The molecule has 0 aliphatic carbocycles. The van der Waals surface area contributed by atoms with E-state index in [4.69, 9.17) is 28.0 Å². The van der Waals surface area contributed by atoms with Crippen molar-refractivity contribution in [2.75, 3.05) is 45.9 Å². The zero-order valence-corrected chi connectivity index (χ0v) is 32.8. The van der Waals surface area contributed by atoms with Crippen molar-refractivity contribution in [3.05, 3.63) is 59.7 Å². The number of fused-ring (bicyclic) bond motifs is 1. The first-order chi connectivity index (χ1) is 25.4. The van der Waals surface area contributed by atoms with E-state index < -0.39 is 48.3 Å². The van der Waals surface area contributed by atoms with Crippen molar-refractivity contribution >= 4 is 23.7 Å². The van der Waals surface area contributed by atoms with Crippen molar-refractivity contribution < 1.29 is 50.9 Å². The van der Waals surface area contributed by atoms with Crippen LogP contribution in [-0.4, -0.2) is 94.3 Å². The van der Waals surface area contributed by atoms with E-state index in [9.17, 15) is 28.1 Å². The lowest BCUT2D eigenvalue weighted by Gasteiger charge is -2.31. The lowest BCUT2D eigenvalue weighted by Crippen LogP contribution is -2.51. The molecule has 0 bridgehead atoms. The van der Waals surface area contributed by atoms with Gasteiger partial charge in [-0.05, 0) is 73.6 Å². The largest absolute Gasteiger partial charge is 0.481 e. The SMILES string of the molecule is CCCCOP(=O)(COc1ccc(C[C@H](NC(=O)O[C@H]2CO[C@H]3OCC[C@H]32)[C@H](O)CN(CC(C)C)S(=O)(=O)c2ccc(C#N)cc2)cc1)OCCCC. The smallest absolute Gasteiger partial charge is 0.407 e. The molecule has 0 aromatic heterocycles. The van der Waals surface area contributed by atoms with E-state index >= 15 is 0 Å². The van der Waals surface area contributed by atoms with Gasteiger partial charge < -0.3 is 38.4 Å². The Bertz CT molecular complexity index is 1620. The first kappa shape index (κ1) is 42.7. The first-order valence-corrected chi connectivity index (χ1v) is 21.5. The summed E-state index contributed by atoms with van der Waals surface area (Å²) in [7, 11) is -7.58. The third-order valence-corrected chi connectivity index (χ3v) is 12.4. The second-order valence-electron chi connectivity index (χ2n) is 13.7. The second-order valence-corrected chi connectivity index (χ2v) is 17.7. The van der Waals surface area contributed by atoms with Crippen molar-refractivity contribution in [2.24, 2.45) is 11.8 Å². The summed E-state index contributed by atoms with van der Waals surface area (Å²) in [6.45, 7) is 8.80. The van der Waals surface area contributed by atoms with Gasteiger partial charge in [-0.2, -0.15) is 9.57 Å². The molecule has 2 aromatic rings. The van der Waals surface area contributed by atoms with Gasteiger partial charge in [-0.25, -0.2) is 13.2 Å². The van der Waals surface area contributed by atoms with Crippen LogP contribution in [0.25, 0.3) is 0 Å². The fourth-order valence-electron chi connectivity index (χ4n) is 5.96. The van der Waals surface area contributed by atoms with Crippen LogP contribution in [0.5, 0.6) is 5.75 Å². The molecule has 0 unspecified atom stereocenters. The number of hydrogen-bond acceptors (Lipinski definition) is 12.